The van der Waals surface area contributed by atoms with Crippen LogP contribution in [-0.4, -0.2) is 29.8 Å². The van der Waals surface area contributed by atoms with Crippen LogP contribution >= 0.6 is 15.9 Å². The lowest BCUT2D eigenvalue weighted by atomic mass is 10.1. The first kappa shape index (κ1) is 16.0. The Bertz CT molecular complexity index is 564. The third-order valence-corrected chi connectivity index (χ3v) is 5.58. The lowest BCUT2D eigenvalue weighted by Crippen LogP contribution is -2.30. The van der Waals surface area contributed by atoms with Crippen molar-refractivity contribution in [2.75, 3.05) is 11.9 Å². The number of imidazole rings is 1. The van der Waals surface area contributed by atoms with Crippen molar-refractivity contribution in [3.63, 3.8) is 0 Å². The summed E-state index contributed by atoms with van der Waals surface area (Å²) in [5.74, 6) is 0.744. The molecule has 0 atom stereocenters. The Labute approximate surface area is 129 Å². The molecule has 0 amide bonds. The van der Waals surface area contributed by atoms with Crippen LogP contribution in [0.2, 0.25) is 0 Å². The van der Waals surface area contributed by atoms with Gasteiger partial charge in [0.15, 0.2) is 5.03 Å². The zero-order chi connectivity index (χ0) is 14.8. The van der Waals surface area contributed by atoms with Crippen LogP contribution in [-0.2, 0) is 16.6 Å². The second kappa shape index (κ2) is 6.15. The van der Waals surface area contributed by atoms with Crippen LogP contribution in [0.4, 0.5) is 0 Å². The van der Waals surface area contributed by atoms with Crippen LogP contribution in [0, 0.1) is 12.3 Å². The molecule has 1 heterocycles. The summed E-state index contributed by atoms with van der Waals surface area (Å²) in [7, 11) is -3.49. The van der Waals surface area contributed by atoms with Crippen LogP contribution in [0.5, 0.6) is 0 Å². The Morgan fingerprint density at radius 2 is 2.20 bits per heavy atom. The second-order valence-electron chi connectivity index (χ2n) is 5.58. The van der Waals surface area contributed by atoms with Gasteiger partial charge in [0.1, 0.15) is 5.82 Å². The first-order valence-corrected chi connectivity index (χ1v) is 9.62. The van der Waals surface area contributed by atoms with E-state index in [1.807, 2.05) is 11.5 Å². The highest BCUT2D eigenvalue weighted by Crippen LogP contribution is 2.48. The summed E-state index contributed by atoms with van der Waals surface area (Å²) in [6.45, 7) is 5.20. The van der Waals surface area contributed by atoms with Crippen LogP contribution < -0.4 is 4.72 Å². The van der Waals surface area contributed by atoms with E-state index in [4.69, 9.17) is 0 Å². The summed E-state index contributed by atoms with van der Waals surface area (Å²) in [6.07, 6.45) is 5.80. The molecule has 20 heavy (non-hydrogen) atoms. The van der Waals surface area contributed by atoms with Crippen LogP contribution in [0.25, 0.3) is 0 Å². The predicted octanol–water partition coefficient (Wildman–Crippen LogP) is 2.45. The number of alkyl halides is 1. The van der Waals surface area contributed by atoms with Crippen LogP contribution in [0.3, 0.4) is 0 Å². The molecule has 1 aliphatic rings. The molecule has 0 aromatic carbocycles. The van der Waals surface area contributed by atoms with Gasteiger partial charge in [-0.25, -0.2) is 18.1 Å². The maximum absolute atomic E-state index is 12.3. The molecular weight excluding hydrogens is 342 g/mol. The van der Waals surface area contributed by atoms with Gasteiger partial charge < -0.3 is 4.57 Å². The predicted molar refractivity (Wildman–Crippen MR) is 82.5 cm³/mol. The molecule has 2 rings (SSSR count). The molecule has 0 unspecified atom stereocenters. The Morgan fingerprint density at radius 3 is 2.75 bits per heavy atom. The van der Waals surface area contributed by atoms with Crippen molar-refractivity contribution in [3.05, 3.63) is 12.0 Å². The van der Waals surface area contributed by atoms with Crippen molar-refractivity contribution in [1.29, 1.82) is 0 Å². The molecule has 1 N–H and O–H groups in total. The number of aryl methyl sites for hydroxylation is 2. The lowest BCUT2D eigenvalue weighted by Gasteiger charge is -2.13. The average Bonchev–Trinajstić information content (AvgIpc) is 3.06. The number of sulfonamides is 1. The second-order valence-corrected chi connectivity index (χ2v) is 8.09. The molecule has 7 heteroatoms. The van der Waals surface area contributed by atoms with E-state index >= 15 is 0 Å². The monoisotopic (exact) mass is 363 g/mol. The van der Waals surface area contributed by atoms with Crippen molar-refractivity contribution >= 4 is 26.0 Å². The molecule has 0 saturated heterocycles. The molecule has 1 aromatic rings. The Balaban J connectivity index is 2.05. The molecule has 1 aliphatic carbocycles. The van der Waals surface area contributed by atoms with Gasteiger partial charge in [0.25, 0.3) is 10.0 Å². The maximum Gasteiger partial charge on any atom is 0.259 e. The van der Waals surface area contributed by atoms with Crippen LogP contribution in [0.1, 0.15) is 38.4 Å². The standard InChI is InChI=1S/C13H22BrN3O2S/c1-3-8-17-9-12(16-11(17)2)20(18,19)15-10-13(4-5-13)6-7-14/h9,15H,3-8,10H2,1-2H3. The first-order chi connectivity index (χ1) is 9.42. The molecule has 114 valence electrons. The third-order valence-electron chi connectivity index (χ3n) is 3.91. The van der Waals surface area contributed by atoms with E-state index in [1.165, 1.54) is 0 Å². The minimum atomic E-state index is -3.49. The van der Waals surface area contributed by atoms with Gasteiger partial charge in [0.2, 0.25) is 0 Å². The van der Waals surface area contributed by atoms with Gasteiger partial charge in [-0.3, -0.25) is 0 Å². The van der Waals surface area contributed by atoms with Gasteiger partial charge in [-0.05, 0) is 38.0 Å². The normalized spacial score (nSPS) is 17.4. The lowest BCUT2D eigenvalue weighted by molar-refractivity contribution is 0.479. The van der Waals surface area contributed by atoms with Gasteiger partial charge in [-0.2, -0.15) is 0 Å². The quantitative estimate of drug-likeness (QED) is 0.721. The fraction of sp³-hybridized carbons (Fsp3) is 0.769. The molecule has 0 spiro atoms. The summed E-state index contributed by atoms with van der Waals surface area (Å²) in [5, 5.41) is 1.05. The highest BCUT2D eigenvalue weighted by Gasteiger charge is 2.42. The van der Waals surface area contributed by atoms with Gasteiger partial charge in [-0.1, -0.05) is 22.9 Å². The van der Waals surface area contributed by atoms with Crippen molar-refractivity contribution in [1.82, 2.24) is 14.3 Å². The van der Waals surface area contributed by atoms with E-state index in [2.05, 4.69) is 32.6 Å². The summed E-state index contributed by atoms with van der Waals surface area (Å²) in [5.41, 5.74) is 0.164. The van der Waals surface area contributed by atoms with E-state index in [9.17, 15) is 8.42 Å². The van der Waals surface area contributed by atoms with Gasteiger partial charge >= 0.3 is 0 Å². The van der Waals surface area contributed by atoms with E-state index in [1.54, 1.807) is 6.20 Å². The molecule has 1 aromatic heterocycles. The highest BCUT2D eigenvalue weighted by atomic mass is 79.9. The minimum Gasteiger partial charge on any atom is -0.334 e. The number of rotatable bonds is 8. The Kier molecular flexibility index (Phi) is 4.92. The largest absolute Gasteiger partial charge is 0.334 e. The summed E-state index contributed by atoms with van der Waals surface area (Å²) in [4.78, 5) is 4.17. The Hall–Kier alpha value is -0.400. The fourth-order valence-electron chi connectivity index (χ4n) is 2.29. The number of nitrogens with zero attached hydrogens (tertiary/aromatic N) is 2. The van der Waals surface area contributed by atoms with Gasteiger partial charge in [0.05, 0.1) is 0 Å². The Morgan fingerprint density at radius 1 is 1.50 bits per heavy atom. The smallest absolute Gasteiger partial charge is 0.259 e. The number of aromatic nitrogens is 2. The average molecular weight is 364 g/mol. The minimum absolute atomic E-state index is 0.137. The third kappa shape index (κ3) is 3.62. The fourth-order valence-corrected chi connectivity index (χ4v) is 4.29. The molecular formula is C13H22BrN3O2S. The zero-order valence-electron chi connectivity index (χ0n) is 12.0. The van der Waals surface area contributed by atoms with Gasteiger partial charge in [-0.15, -0.1) is 0 Å². The van der Waals surface area contributed by atoms with Crippen molar-refractivity contribution in [3.8, 4) is 0 Å². The van der Waals surface area contributed by atoms with E-state index in [-0.39, 0.29) is 10.4 Å². The number of nitrogens with one attached hydrogen (secondary N) is 1. The number of halogens is 1. The van der Waals surface area contributed by atoms with Crippen molar-refractivity contribution in [2.24, 2.45) is 5.41 Å². The first-order valence-electron chi connectivity index (χ1n) is 7.02. The number of hydrogen-bond acceptors (Lipinski definition) is 3. The van der Waals surface area contributed by atoms with E-state index < -0.39 is 10.0 Å². The molecule has 1 saturated carbocycles. The summed E-state index contributed by atoms with van der Waals surface area (Å²) >= 11 is 3.43. The molecule has 5 nitrogen and oxygen atoms in total. The zero-order valence-corrected chi connectivity index (χ0v) is 14.4. The SMILES string of the molecule is CCCn1cc(S(=O)(=O)NCC2(CCBr)CC2)nc1C. The van der Waals surface area contributed by atoms with E-state index in [0.29, 0.717) is 6.54 Å². The highest BCUT2D eigenvalue weighted by molar-refractivity contribution is 9.09. The van der Waals surface area contributed by atoms with Crippen molar-refractivity contribution in [2.45, 2.75) is 51.1 Å². The molecule has 1 fully saturated rings. The van der Waals surface area contributed by atoms with E-state index in [0.717, 1.165) is 43.4 Å². The summed E-state index contributed by atoms with van der Waals surface area (Å²) < 4.78 is 29.2. The molecule has 0 radical (unpaired) electrons. The van der Waals surface area contributed by atoms with Gasteiger partial charge in [0, 0.05) is 24.6 Å². The summed E-state index contributed by atoms with van der Waals surface area (Å²) in [6, 6.07) is 0. The maximum atomic E-state index is 12.3. The topological polar surface area (TPSA) is 64.0 Å². The molecule has 0 bridgehead atoms. The van der Waals surface area contributed by atoms with Crippen molar-refractivity contribution < 1.29 is 8.42 Å². The number of hydrogen-bond donors (Lipinski definition) is 1. The van der Waals surface area contributed by atoms with Crippen LogP contribution in [0.15, 0.2) is 11.2 Å². The molecule has 0 aliphatic heterocycles.